The van der Waals surface area contributed by atoms with Gasteiger partial charge in [-0.25, -0.2) is 14.3 Å². The lowest BCUT2D eigenvalue weighted by Gasteiger charge is -2.36. The number of urea groups is 1. The summed E-state index contributed by atoms with van der Waals surface area (Å²) in [6.07, 6.45) is 8.87. The second kappa shape index (κ2) is 17.1. The van der Waals surface area contributed by atoms with Gasteiger partial charge in [0.05, 0.1) is 35.5 Å². The van der Waals surface area contributed by atoms with Crippen molar-refractivity contribution in [2.75, 3.05) is 18.1 Å². The van der Waals surface area contributed by atoms with Crippen LogP contribution in [0.15, 0.2) is 79.1 Å². The molecule has 17 heteroatoms. The molecule has 0 bridgehead atoms. The smallest absolute Gasteiger partial charge is 0.355 e. The summed E-state index contributed by atoms with van der Waals surface area (Å²) in [4.78, 5) is 78.2. The summed E-state index contributed by atoms with van der Waals surface area (Å²) in [6.45, 7) is 3.79. The molecule has 1 spiro atoms. The van der Waals surface area contributed by atoms with Crippen molar-refractivity contribution in [1.82, 2.24) is 25.2 Å². The summed E-state index contributed by atoms with van der Waals surface area (Å²) in [7, 11) is -4.46. The van der Waals surface area contributed by atoms with Gasteiger partial charge in [0.25, 0.3) is 11.8 Å². The number of fused-ring (bicyclic) bond motifs is 2. The summed E-state index contributed by atoms with van der Waals surface area (Å²) < 4.78 is 42.5. The largest absolute Gasteiger partial charge is 0.465 e. The number of aromatic nitrogens is 1. The molecule has 14 nitrogen and oxygen atoms in total. The molecular formula is C43H48FN6O8PS. The SMILES string of the molecule is CCCOC(=O)[C@H](C)NP(=O)(Oc1ccccc1)C(F)c1ccc2sc(C(=O)N[C@H]3CCCC[C@H]4CC[C@@H](C(=O)N5C(=O)N(c6cccnc6)CC56CC6)N4C3=O)cc2c1. The Balaban J connectivity index is 0.990. The lowest BCUT2D eigenvalue weighted by molar-refractivity contribution is -0.146. The fraction of sp³-hybridized carbons (Fsp3) is 0.442. The van der Waals surface area contributed by atoms with Crippen LogP contribution in [-0.4, -0.2) is 87.4 Å². The van der Waals surface area contributed by atoms with Crippen molar-refractivity contribution < 1.29 is 42.2 Å². The minimum Gasteiger partial charge on any atom is -0.465 e. The zero-order valence-electron chi connectivity index (χ0n) is 33.5. The highest BCUT2D eigenvalue weighted by atomic mass is 32.1. The third-order valence-electron chi connectivity index (χ3n) is 11.8. The lowest BCUT2D eigenvalue weighted by atomic mass is 9.99. The highest BCUT2D eigenvalue weighted by molar-refractivity contribution is 7.57. The minimum atomic E-state index is -4.46. The van der Waals surface area contributed by atoms with Gasteiger partial charge in [0, 0.05) is 16.9 Å². The third-order valence-corrected chi connectivity index (χ3v) is 15.0. The maximum atomic E-state index is 16.5. The molecule has 3 saturated heterocycles. The molecule has 5 heterocycles. The van der Waals surface area contributed by atoms with Gasteiger partial charge in [-0.1, -0.05) is 44.0 Å². The number of pyridine rings is 1. The predicted molar refractivity (Wildman–Crippen MR) is 223 cm³/mol. The van der Waals surface area contributed by atoms with E-state index in [4.69, 9.17) is 9.26 Å². The van der Waals surface area contributed by atoms with Crippen LogP contribution in [-0.2, 0) is 23.7 Å². The molecule has 2 N–H and O–H groups in total. The van der Waals surface area contributed by atoms with Crippen molar-refractivity contribution in [3.8, 4) is 5.75 Å². The van der Waals surface area contributed by atoms with Crippen LogP contribution < -0.4 is 19.8 Å². The van der Waals surface area contributed by atoms with E-state index in [1.807, 2.05) is 6.92 Å². The second-order valence-corrected chi connectivity index (χ2v) is 19.2. The summed E-state index contributed by atoms with van der Waals surface area (Å²) in [5.41, 5.74) is 0.0195. The van der Waals surface area contributed by atoms with Gasteiger partial charge < -0.3 is 19.5 Å². The number of carbonyl (C=O) groups is 5. The Kier molecular flexibility index (Phi) is 11.8. The first-order chi connectivity index (χ1) is 28.9. The number of amides is 5. The Morgan fingerprint density at radius 1 is 1.02 bits per heavy atom. The first-order valence-corrected chi connectivity index (χ1v) is 23.1. The van der Waals surface area contributed by atoms with Crippen LogP contribution in [0.2, 0.25) is 0 Å². The molecule has 5 amide bonds. The highest BCUT2D eigenvalue weighted by Crippen LogP contribution is 2.58. The van der Waals surface area contributed by atoms with Crippen molar-refractivity contribution in [2.24, 2.45) is 0 Å². The lowest BCUT2D eigenvalue weighted by Crippen LogP contribution is -2.58. The van der Waals surface area contributed by atoms with Crippen molar-refractivity contribution in [2.45, 2.75) is 107 Å². The zero-order valence-corrected chi connectivity index (χ0v) is 35.2. The molecule has 0 radical (unpaired) electrons. The molecule has 1 aliphatic carbocycles. The molecule has 2 unspecified atom stereocenters. The van der Waals surface area contributed by atoms with Gasteiger partial charge in [-0.3, -0.25) is 38.5 Å². The first-order valence-electron chi connectivity index (χ1n) is 20.6. The van der Waals surface area contributed by atoms with Crippen molar-refractivity contribution in [1.29, 1.82) is 0 Å². The van der Waals surface area contributed by atoms with Crippen LogP contribution in [0.5, 0.6) is 5.75 Å². The molecule has 2 aromatic heterocycles. The van der Waals surface area contributed by atoms with E-state index in [2.05, 4.69) is 15.4 Å². The average Bonchev–Trinajstić information content (AvgIpc) is 3.55. The quantitative estimate of drug-likeness (QED) is 0.102. The molecular weight excluding hydrogens is 811 g/mol. The van der Waals surface area contributed by atoms with Crippen molar-refractivity contribution in [3.05, 3.63) is 89.6 Å². The number of nitrogens with one attached hydrogen (secondary N) is 2. The number of imide groups is 1. The average molecular weight is 859 g/mol. The Hall–Kier alpha value is -5.18. The number of hydrogen-bond donors (Lipinski definition) is 2. The molecule has 4 aliphatic rings. The maximum Gasteiger partial charge on any atom is 0.355 e. The molecule has 316 valence electrons. The Bertz CT molecular complexity index is 2330. The normalized spacial score (nSPS) is 23.1. The molecule has 60 heavy (non-hydrogen) atoms. The first kappa shape index (κ1) is 41.5. The maximum absolute atomic E-state index is 16.5. The van der Waals surface area contributed by atoms with Gasteiger partial charge in [0.15, 0.2) is 0 Å². The molecule has 4 fully saturated rings. The number of alkyl halides is 1. The van der Waals surface area contributed by atoms with Crippen LogP contribution >= 0.6 is 18.9 Å². The highest BCUT2D eigenvalue weighted by Gasteiger charge is 2.62. The van der Waals surface area contributed by atoms with E-state index in [9.17, 15) is 28.5 Å². The van der Waals surface area contributed by atoms with E-state index in [0.29, 0.717) is 67.3 Å². The summed E-state index contributed by atoms with van der Waals surface area (Å²) in [5, 5.41) is 6.02. The number of hydrogen-bond acceptors (Lipinski definition) is 10. The van der Waals surface area contributed by atoms with Crippen LogP contribution in [0, 0.1) is 0 Å². The molecule has 6 atom stereocenters. The van der Waals surface area contributed by atoms with Gasteiger partial charge in [-0.15, -0.1) is 11.3 Å². The molecule has 4 aromatic rings. The van der Waals surface area contributed by atoms with E-state index < -0.39 is 55.0 Å². The number of carbonyl (C=O) groups excluding carboxylic acids is 5. The molecule has 8 rings (SSSR count). The topological polar surface area (TPSA) is 168 Å². The number of halogens is 1. The zero-order chi connectivity index (χ0) is 42.2. The van der Waals surface area contributed by atoms with E-state index in [-0.39, 0.29) is 40.7 Å². The van der Waals surface area contributed by atoms with E-state index >= 15 is 4.39 Å². The number of anilines is 1. The van der Waals surface area contributed by atoms with Gasteiger partial charge in [-0.05, 0) is 105 Å². The number of rotatable bonds is 13. The summed E-state index contributed by atoms with van der Waals surface area (Å²) >= 11 is 1.16. The van der Waals surface area contributed by atoms with Gasteiger partial charge in [0.1, 0.15) is 23.9 Å². The van der Waals surface area contributed by atoms with Crippen LogP contribution in [0.1, 0.15) is 92.8 Å². The van der Waals surface area contributed by atoms with Crippen LogP contribution in [0.25, 0.3) is 10.1 Å². The second-order valence-electron chi connectivity index (χ2n) is 16.0. The van der Waals surface area contributed by atoms with Crippen molar-refractivity contribution >= 4 is 64.4 Å². The fourth-order valence-electron chi connectivity index (χ4n) is 8.56. The molecule has 1 saturated carbocycles. The molecule has 2 aromatic carbocycles. The number of thiophene rings is 1. The predicted octanol–water partition coefficient (Wildman–Crippen LogP) is 7.50. The van der Waals surface area contributed by atoms with Crippen LogP contribution in [0.3, 0.4) is 0 Å². The Labute approximate surface area is 351 Å². The minimum absolute atomic E-state index is 0.00662. The Morgan fingerprint density at radius 3 is 2.53 bits per heavy atom. The number of ether oxygens (including phenoxy) is 1. The number of para-hydroxylation sites is 1. The van der Waals surface area contributed by atoms with Gasteiger partial charge in [0.2, 0.25) is 11.8 Å². The molecule has 3 aliphatic heterocycles. The van der Waals surface area contributed by atoms with Gasteiger partial charge in [-0.2, -0.15) is 0 Å². The fourth-order valence-corrected chi connectivity index (χ4v) is 11.4. The number of nitrogens with zero attached hydrogens (tertiary/aromatic N) is 4. The van der Waals surface area contributed by atoms with Crippen LogP contribution in [0.4, 0.5) is 14.9 Å². The standard InChI is InChI=1S/C43H48FN6O8PS/c1-3-22-57-41(54)27(2)47-59(56,58-32-12-5-4-6-13-32)37(44)28-15-18-35-29(23-28)24-36(60-35)38(51)46-33-14-8-7-10-30-16-17-34(49(30)39(33)52)40(53)50-42(55)48(26-43(50)19-20-43)31-11-9-21-45-25-31/h4-6,9,11-13,15,18,21,23-25,27,30,33-34,37H,3,7-8,10,14,16-17,19-20,22,26H2,1-2H3,(H,46,51)(H,47,56)/t27-,30-,33-,34-,37?,59?/m0/s1. The van der Waals surface area contributed by atoms with Gasteiger partial charge >= 0.3 is 19.5 Å². The summed E-state index contributed by atoms with van der Waals surface area (Å²) in [6, 6.07) is 14.3. The van der Waals surface area contributed by atoms with E-state index in [1.165, 1.54) is 36.1 Å². The Morgan fingerprint density at radius 2 is 1.80 bits per heavy atom. The van der Waals surface area contributed by atoms with E-state index in [1.54, 1.807) is 64.7 Å². The van der Waals surface area contributed by atoms with E-state index in [0.717, 1.165) is 24.2 Å². The summed E-state index contributed by atoms with van der Waals surface area (Å²) in [5.74, 6) is -3.98. The van der Waals surface area contributed by atoms with Crippen molar-refractivity contribution in [3.63, 3.8) is 0 Å². The monoisotopic (exact) mass is 858 g/mol. The number of esters is 1. The number of benzene rings is 2. The third kappa shape index (κ3) is 8.16.